The number of nitrogens with one attached hydrogen (secondary N) is 1. The van der Waals surface area contributed by atoms with Gasteiger partial charge in [-0.3, -0.25) is 9.78 Å². The summed E-state index contributed by atoms with van der Waals surface area (Å²) >= 11 is 8.76. The van der Waals surface area contributed by atoms with Crippen molar-refractivity contribution in [2.24, 2.45) is 5.10 Å². The molecule has 3 rings (SSSR count). The van der Waals surface area contributed by atoms with Gasteiger partial charge in [-0.2, -0.15) is 5.10 Å². The number of hydrogen-bond donors (Lipinski definition) is 1. The molecule has 25 heavy (non-hydrogen) atoms. The van der Waals surface area contributed by atoms with Gasteiger partial charge in [0.2, 0.25) is 0 Å². The second-order valence-electron chi connectivity index (χ2n) is 4.84. The molecule has 0 aliphatic carbocycles. The number of rotatable bonds is 6. The van der Waals surface area contributed by atoms with Crippen molar-refractivity contribution in [2.75, 3.05) is 5.75 Å². The lowest BCUT2D eigenvalue weighted by Crippen LogP contribution is -2.19. The molecule has 0 bridgehead atoms. The van der Waals surface area contributed by atoms with Gasteiger partial charge in [-0.05, 0) is 24.3 Å². The van der Waals surface area contributed by atoms with E-state index < -0.39 is 0 Å². The Morgan fingerprint density at radius 2 is 2.12 bits per heavy atom. The number of pyridine rings is 1. The molecule has 126 valence electrons. The number of carbonyl (C=O) groups is 1. The van der Waals surface area contributed by atoms with Crippen LogP contribution in [-0.4, -0.2) is 27.8 Å². The highest BCUT2D eigenvalue weighted by atomic mass is 35.5. The van der Waals surface area contributed by atoms with Gasteiger partial charge in [0, 0.05) is 22.2 Å². The summed E-state index contributed by atoms with van der Waals surface area (Å²) in [7, 11) is 0. The highest BCUT2D eigenvalue weighted by Crippen LogP contribution is 2.28. The summed E-state index contributed by atoms with van der Waals surface area (Å²) in [6.07, 6.45) is 3.17. The second kappa shape index (κ2) is 8.75. The summed E-state index contributed by atoms with van der Waals surface area (Å²) in [6.45, 7) is 0. The lowest BCUT2D eigenvalue weighted by atomic mass is 10.2. The molecular weight excluding hydrogens is 376 g/mol. The van der Waals surface area contributed by atoms with Gasteiger partial charge in [0.15, 0.2) is 4.34 Å². The third kappa shape index (κ3) is 5.38. The van der Waals surface area contributed by atoms with Gasteiger partial charge in [0.25, 0.3) is 5.91 Å². The van der Waals surface area contributed by atoms with Gasteiger partial charge < -0.3 is 0 Å². The van der Waals surface area contributed by atoms with Gasteiger partial charge in [0.05, 0.1) is 23.4 Å². The maximum atomic E-state index is 11.8. The molecule has 1 aromatic carbocycles. The van der Waals surface area contributed by atoms with E-state index in [0.29, 0.717) is 10.7 Å². The average molecular weight is 389 g/mol. The van der Waals surface area contributed by atoms with E-state index in [0.717, 1.165) is 15.6 Å². The molecule has 0 spiro atoms. The summed E-state index contributed by atoms with van der Waals surface area (Å²) in [4.78, 5) is 20.4. The Morgan fingerprint density at radius 3 is 2.88 bits per heavy atom. The maximum Gasteiger partial charge on any atom is 0.250 e. The van der Waals surface area contributed by atoms with Crippen LogP contribution in [0.1, 0.15) is 5.69 Å². The smallest absolute Gasteiger partial charge is 0.250 e. The zero-order chi connectivity index (χ0) is 17.5. The molecule has 0 fully saturated rings. The van der Waals surface area contributed by atoms with E-state index in [1.54, 1.807) is 12.3 Å². The van der Waals surface area contributed by atoms with Gasteiger partial charge >= 0.3 is 0 Å². The minimum absolute atomic E-state index is 0.194. The van der Waals surface area contributed by atoms with E-state index in [1.807, 2.05) is 41.8 Å². The Bertz CT molecular complexity index is 866. The largest absolute Gasteiger partial charge is 0.272 e. The highest BCUT2D eigenvalue weighted by Gasteiger charge is 2.07. The van der Waals surface area contributed by atoms with Gasteiger partial charge in [-0.1, -0.05) is 41.6 Å². The van der Waals surface area contributed by atoms with E-state index in [4.69, 9.17) is 11.6 Å². The van der Waals surface area contributed by atoms with E-state index in [1.165, 1.54) is 29.3 Å². The predicted octanol–water partition coefficient (Wildman–Crippen LogP) is 4.10. The number of thiazole rings is 1. The van der Waals surface area contributed by atoms with Crippen LogP contribution in [0.3, 0.4) is 0 Å². The van der Waals surface area contributed by atoms with E-state index in [9.17, 15) is 4.79 Å². The molecule has 0 saturated heterocycles. The number of nitrogens with zero attached hydrogens (tertiary/aromatic N) is 3. The molecule has 0 aliphatic heterocycles. The molecule has 0 atom stereocenters. The molecular formula is C17H13ClN4OS2. The molecule has 1 N–H and O–H groups in total. The zero-order valence-electron chi connectivity index (χ0n) is 12.9. The molecule has 2 heterocycles. The summed E-state index contributed by atoms with van der Waals surface area (Å²) in [5.74, 6) is 0.0491. The van der Waals surface area contributed by atoms with Crippen molar-refractivity contribution < 1.29 is 4.79 Å². The van der Waals surface area contributed by atoms with Crippen LogP contribution in [0.15, 0.2) is 63.5 Å². The van der Waals surface area contributed by atoms with Crippen molar-refractivity contribution in [3.63, 3.8) is 0 Å². The van der Waals surface area contributed by atoms with Gasteiger partial charge in [-0.25, -0.2) is 10.4 Å². The third-order valence-electron chi connectivity index (χ3n) is 3.02. The first-order valence-corrected chi connectivity index (χ1v) is 9.52. The van der Waals surface area contributed by atoms with Crippen molar-refractivity contribution in [1.82, 2.24) is 15.4 Å². The lowest BCUT2D eigenvalue weighted by Gasteiger charge is -1.98. The minimum Gasteiger partial charge on any atom is -0.272 e. The quantitative estimate of drug-likeness (QED) is 0.392. The van der Waals surface area contributed by atoms with E-state index >= 15 is 0 Å². The number of hydrogen-bond acceptors (Lipinski definition) is 6. The standard InChI is InChI=1S/C17H13ClN4OS2/c18-13-6-4-12(5-7-13)15-10-24-17(21-15)25-11-16(23)22-20-9-14-3-1-2-8-19-14/h1-10H,11H2,(H,22,23)/b20-9+. The SMILES string of the molecule is O=C(CSc1nc(-c2ccc(Cl)cc2)cs1)N/N=C/c1ccccn1. The Labute approximate surface area is 158 Å². The van der Waals surface area contributed by atoms with Crippen LogP contribution >= 0.6 is 34.7 Å². The first kappa shape index (κ1) is 17.6. The van der Waals surface area contributed by atoms with Crippen molar-refractivity contribution in [2.45, 2.75) is 4.34 Å². The van der Waals surface area contributed by atoms with Crippen molar-refractivity contribution in [3.05, 3.63) is 64.8 Å². The van der Waals surface area contributed by atoms with Crippen LogP contribution < -0.4 is 5.43 Å². The lowest BCUT2D eigenvalue weighted by molar-refractivity contribution is -0.118. The zero-order valence-corrected chi connectivity index (χ0v) is 15.3. The Balaban J connectivity index is 1.49. The Morgan fingerprint density at radius 1 is 1.28 bits per heavy atom. The van der Waals surface area contributed by atoms with E-state index in [-0.39, 0.29) is 11.7 Å². The average Bonchev–Trinajstić information content (AvgIpc) is 3.10. The van der Waals surface area contributed by atoms with Crippen LogP contribution in [-0.2, 0) is 4.79 Å². The van der Waals surface area contributed by atoms with Crippen LogP contribution in [0.25, 0.3) is 11.3 Å². The van der Waals surface area contributed by atoms with Crippen LogP contribution in [0.2, 0.25) is 5.02 Å². The summed E-state index contributed by atoms with van der Waals surface area (Å²) in [5.41, 5.74) is 5.03. The van der Waals surface area contributed by atoms with Crippen molar-refractivity contribution >= 4 is 46.8 Å². The second-order valence-corrected chi connectivity index (χ2v) is 7.36. The molecule has 1 amide bonds. The number of carbonyl (C=O) groups excluding carboxylic acids is 1. The fraction of sp³-hybridized carbons (Fsp3) is 0.0588. The molecule has 8 heteroatoms. The first-order chi connectivity index (χ1) is 12.2. The Hall–Kier alpha value is -2.22. The summed E-state index contributed by atoms with van der Waals surface area (Å²) in [6, 6.07) is 13.0. The minimum atomic E-state index is -0.194. The molecule has 2 aromatic heterocycles. The van der Waals surface area contributed by atoms with Gasteiger partial charge in [-0.15, -0.1) is 11.3 Å². The number of hydrazone groups is 1. The molecule has 0 saturated carbocycles. The molecule has 0 radical (unpaired) electrons. The van der Waals surface area contributed by atoms with Crippen LogP contribution in [0, 0.1) is 0 Å². The number of amides is 1. The maximum absolute atomic E-state index is 11.8. The first-order valence-electron chi connectivity index (χ1n) is 7.28. The topological polar surface area (TPSA) is 67.2 Å². The number of halogens is 1. The normalized spacial score (nSPS) is 10.9. The molecule has 5 nitrogen and oxygen atoms in total. The predicted molar refractivity (Wildman–Crippen MR) is 103 cm³/mol. The van der Waals surface area contributed by atoms with Gasteiger partial charge in [0.1, 0.15) is 0 Å². The van der Waals surface area contributed by atoms with Crippen LogP contribution in [0.4, 0.5) is 0 Å². The monoisotopic (exact) mass is 388 g/mol. The third-order valence-corrected chi connectivity index (χ3v) is 5.30. The molecule has 3 aromatic rings. The molecule has 0 aliphatic rings. The van der Waals surface area contributed by atoms with Crippen molar-refractivity contribution in [1.29, 1.82) is 0 Å². The molecule has 0 unspecified atom stereocenters. The van der Waals surface area contributed by atoms with Crippen molar-refractivity contribution in [3.8, 4) is 11.3 Å². The number of thioether (sulfide) groups is 1. The van der Waals surface area contributed by atoms with Crippen LogP contribution in [0.5, 0.6) is 0 Å². The number of aromatic nitrogens is 2. The fourth-order valence-electron chi connectivity index (χ4n) is 1.86. The Kier molecular flexibility index (Phi) is 6.16. The fourth-order valence-corrected chi connectivity index (χ4v) is 3.61. The highest BCUT2D eigenvalue weighted by molar-refractivity contribution is 8.01. The summed E-state index contributed by atoms with van der Waals surface area (Å²) in [5, 5.41) is 6.54. The number of benzene rings is 1. The van der Waals surface area contributed by atoms with E-state index in [2.05, 4.69) is 20.5 Å². The summed E-state index contributed by atoms with van der Waals surface area (Å²) < 4.78 is 0.828.